The first kappa shape index (κ1) is 9.21. The first-order valence-electron chi connectivity index (χ1n) is 4.50. The molecular weight excluding hydrogens is 206 g/mol. The number of aromatic nitrogens is 2. The molecule has 1 aromatic heterocycles. The van der Waals surface area contributed by atoms with Crippen molar-refractivity contribution in [3.8, 4) is 0 Å². The maximum atomic E-state index is 5.67. The molecule has 5 heteroatoms. The van der Waals surface area contributed by atoms with Crippen molar-refractivity contribution in [2.75, 3.05) is 18.0 Å². The second-order valence-corrected chi connectivity index (χ2v) is 4.58. The van der Waals surface area contributed by atoms with Gasteiger partial charge in [-0.1, -0.05) is 6.92 Å². The van der Waals surface area contributed by atoms with Crippen LogP contribution in [0.3, 0.4) is 0 Å². The molecule has 0 aliphatic carbocycles. The fourth-order valence-corrected chi connectivity index (χ4v) is 2.38. The number of anilines is 1. The number of rotatable bonds is 1. The van der Waals surface area contributed by atoms with Gasteiger partial charge in [0, 0.05) is 24.6 Å². The smallest absolute Gasteiger partial charge is 0.236 e. The number of hydrogen-bond acceptors (Lipinski definition) is 4. The second kappa shape index (κ2) is 3.80. The molecule has 0 unspecified atom stereocenters. The van der Waals surface area contributed by atoms with Gasteiger partial charge in [0.1, 0.15) is 0 Å². The van der Waals surface area contributed by atoms with Crippen molar-refractivity contribution in [2.24, 2.45) is 5.92 Å². The predicted molar refractivity (Wildman–Crippen MR) is 55.5 cm³/mol. The molecule has 2 heterocycles. The van der Waals surface area contributed by atoms with E-state index < -0.39 is 0 Å². The molecule has 0 atom stereocenters. The molecule has 0 saturated carbocycles. The van der Waals surface area contributed by atoms with E-state index in [0.717, 1.165) is 24.1 Å². The lowest BCUT2D eigenvalue weighted by Crippen LogP contribution is -2.32. The molecule has 72 valence electrons. The largest absolute Gasteiger partial charge is 0.347 e. The van der Waals surface area contributed by atoms with E-state index in [1.165, 1.54) is 24.4 Å². The fourth-order valence-electron chi connectivity index (χ4n) is 1.53. The molecule has 0 spiro atoms. The zero-order valence-electron chi connectivity index (χ0n) is 7.53. The Kier molecular flexibility index (Phi) is 2.69. The Bertz CT molecular complexity index is 281. The maximum absolute atomic E-state index is 5.67. The van der Waals surface area contributed by atoms with Crippen molar-refractivity contribution in [1.82, 2.24) is 9.36 Å². The fraction of sp³-hybridized carbons (Fsp3) is 0.750. The molecule has 0 N–H and O–H groups in total. The molecule has 0 amide bonds. The lowest BCUT2D eigenvalue weighted by molar-refractivity contribution is 0.438. The molecule has 1 fully saturated rings. The summed E-state index contributed by atoms with van der Waals surface area (Å²) in [5, 5.41) is 1.34. The summed E-state index contributed by atoms with van der Waals surface area (Å²) in [5.41, 5.74) is 0. The van der Waals surface area contributed by atoms with Crippen LogP contribution in [0.15, 0.2) is 0 Å². The lowest BCUT2D eigenvalue weighted by Gasteiger charge is -2.29. The standard InChI is InChI=1S/C8H12ClN3S/c1-6-2-4-12(5-3-6)8-10-7(9)11-13-8/h6H,2-5H2,1H3. The number of hydrogen-bond donors (Lipinski definition) is 0. The van der Waals surface area contributed by atoms with E-state index in [9.17, 15) is 0 Å². The molecule has 13 heavy (non-hydrogen) atoms. The van der Waals surface area contributed by atoms with Crippen molar-refractivity contribution in [3.05, 3.63) is 5.28 Å². The molecule has 0 aromatic carbocycles. The molecule has 0 radical (unpaired) electrons. The van der Waals surface area contributed by atoms with E-state index >= 15 is 0 Å². The van der Waals surface area contributed by atoms with Crippen molar-refractivity contribution in [1.29, 1.82) is 0 Å². The third-order valence-corrected chi connectivity index (χ3v) is 3.49. The molecule has 1 saturated heterocycles. The first-order chi connectivity index (χ1) is 6.25. The van der Waals surface area contributed by atoms with Crippen LogP contribution in [0.2, 0.25) is 5.28 Å². The van der Waals surface area contributed by atoms with Crippen molar-refractivity contribution in [2.45, 2.75) is 19.8 Å². The summed E-state index contributed by atoms with van der Waals surface area (Å²) in [6.45, 7) is 4.48. The molecule has 1 aromatic rings. The second-order valence-electron chi connectivity index (χ2n) is 3.52. The van der Waals surface area contributed by atoms with Gasteiger partial charge in [-0.2, -0.15) is 9.36 Å². The van der Waals surface area contributed by atoms with Crippen LogP contribution >= 0.6 is 23.1 Å². The Morgan fingerprint density at radius 2 is 2.15 bits per heavy atom. The van der Waals surface area contributed by atoms with E-state index in [-0.39, 0.29) is 0 Å². The zero-order chi connectivity index (χ0) is 9.26. The van der Waals surface area contributed by atoms with E-state index in [1.807, 2.05) is 0 Å². The van der Waals surface area contributed by atoms with Crippen LogP contribution in [0, 0.1) is 5.92 Å². The van der Waals surface area contributed by atoms with E-state index in [1.54, 1.807) is 0 Å². The highest BCUT2D eigenvalue weighted by atomic mass is 35.5. The molecule has 2 rings (SSSR count). The Balaban J connectivity index is 2.02. The summed E-state index contributed by atoms with van der Waals surface area (Å²) in [6, 6.07) is 0. The van der Waals surface area contributed by atoms with E-state index in [2.05, 4.69) is 21.2 Å². The highest BCUT2D eigenvalue weighted by Gasteiger charge is 2.18. The normalized spacial score (nSPS) is 19.4. The maximum Gasteiger partial charge on any atom is 0.236 e. The van der Waals surface area contributed by atoms with Gasteiger partial charge in [0.15, 0.2) is 0 Å². The third kappa shape index (κ3) is 2.11. The number of nitrogens with zero attached hydrogens (tertiary/aromatic N) is 3. The van der Waals surface area contributed by atoms with Crippen LogP contribution in [-0.4, -0.2) is 22.4 Å². The van der Waals surface area contributed by atoms with Gasteiger partial charge in [-0.3, -0.25) is 0 Å². The number of halogens is 1. The number of piperidine rings is 1. The predicted octanol–water partition coefficient (Wildman–Crippen LogP) is 2.43. The van der Waals surface area contributed by atoms with Crippen LogP contribution in [-0.2, 0) is 0 Å². The average Bonchev–Trinajstić information content (AvgIpc) is 2.53. The average molecular weight is 218 g/mol. The zero-order valence-corrected chi connectivity index (χ0v) is 9.11. The minimum Gasteiger partial charge on any atom is -0.347 e. The van der Waals surface area contributed by atoms with Crippen LogP contribution in [0.1, 0.15) is 19.8 Å². The summed E-state index contributed by atoms with van der Waals surface area (Å²) in [4.78, 5) is 6.43. The molecule has 1 aliphatic heterocycles. The van der Waals surface area contributed by atoms with Crippen LogP contribution in [0.4, 0.5) is 5.13 Å². The lowest BCUT2D eigenvalue weighted by atomic mass is 10.00. The van der Waals surface area contributed by atoms with Gasteiger partial charge in [-0.15, -0.1) is 0 Å². The highest BCUT2D eigenvalue weighted by Crippen LogP contribution is 2.25. The van der Waals surface area contributed by atoms with Gasteiger partial charge < -0.3 is 4.90 Å². The Morgan fingerprint density at radius 1 is 1.46 bits per heavy atom. The van der Waals surface area contributed by atoms with Gasteiger partial charge in [0.25, 0.3) is 0 Å². The van der Waals surface area contributed by atoms with Crippen LogP contribution in [0.5, 0.6) is 0 Å². The third-order valence-electron chi connectivity index (χ3n) is 2.44. The van der Waals surface area contributed by atoms with Crippen LogP contribution in [0.25, 0.3) is 0 Å². The highest BCUT2D eigenvalue weighted by molar-refractivity contribution is 7.10. The summed E-state index contributed by atoms with van der Waals surface area (Å²) < 4.78 is 3.97. The Labute approximate surface area is 86.9 Å². The molecule has 0 bridgehead atoms. The SMILES string of the molecule is CC1CCN(c2nc(Cl)ns2)CC1. The van der Waals surface area contributed by atoms with Gasteiger partial charge >= 0.3 is 0 Å². The van der Waals surface area contributed by atoms with Crippen molar-refractivity contribution < 1.29 is 0 Å². The monoisotopic (exact) mass is 217 g/mol. The molecule has 1 aliphatic rings. The van der Waals surface area contributed by atoms with Gasteiger partial charge in [0.05, 0.1) is 0 Å². The van der Waals surface area contributed by atoms with Gasteiger partial charge in [0.2, 0.25) is 10.4 Å². The quantitative estimate of drug-likeness (QED) is 0.724. The molecule has 3 nitrogen and oxygen atoms in total. The minimum absolute atomic E-state index is 0.374. The Hall–Kier alpha value is -0.350. The van der Waals surface area contributed by atoms with E-state index in [4.69, 9.17) is 11.6 Å². The Morgan fingerprint density at radius 3 is 2.69 bits per heavy atom. The summed E-state index contributed by atoms with van der Waals surface area (Å²) >= 11 is 7.06. The van der Waals surface area contributed by atoms with Crippen molar-refractivity contribution in [3.63, 3.8) is 0 Å². The molecular formula is C8H12ClN3S. The van der Waals surface area contributed by atoms with Crippen LogP contribution < -0.4 is 4.90 Å². The minimum atomic E-state index is 0.374. The van der Waals surface area contributed by atoms with E-state index in [0.29, 0.717) is 5.28 Å². The van der Waals surface area contributed by atoms with Gasteiger partial charge in [-0.05, 0) is 30.4 Å². The van der Waals surface area contributed by atoms with Crippen molar-refractivity contribution >= 4 is 28.3 Å². The van der Waals surface area contributed by atoms with Gasteiger partial charge in [-0.25, -0.2) is 0 Å². The first-order valence-corrected chi connectivity index (χ1v) is 5.65. The summed E-state index contributed by atoms with van der Waals surface area (Å²) in [6.07, 6.45) is 2.49. The summed E-state index contributed by atoms with van der Waals surface area (Å²) in [5.74, 6) is 0.847. The summed E-state index contributed by atoms with van der Waals surface area (Å²) in [7, 11) is 0. The topological polar surface area (TPSA) is 29.0 Å².